The Balaban J connectivity index is 2.17. The second-order valence-corrected chi connectivity index (χ2v) is 5.48. The quantitative estimate of drug-likeness (QED) is 0.891. The largest absolute Gasteiger partial charge is 0.348 e. The van der Waals surface area contributed by atoms with Crippen LogP contribution in [0.25, 0.3) is 5.69 Å². The van der Waals surface area contributed by atoms with Crippen molar-refractivity contribution in [2.45, 2.75) is 32.4 Å². The van der Waals surface area contributed by atoms with Crippen LogP contribution in [0.5, 0.6) is 0 Å². The highest BCUT2D eigenvalue weighted by atomic mass is 16.2. The molecule has 0 aliphatic rings. The molecule has 5 heteroatoms. The molecule has 20 heavy (non-hydrogen) atoms. The Hall–Kier alpha value is -2.14. The predicted molar refractivity (Wildman–Crippen MR) is 78.4 cm³/mol. The third-order valence-corrected chi connectivity index (χ3v) is 3.11. The van der Waals surface area contributed by atoms with E-state index in [2.05, 4.69) is 10.3 Å². The van der Waals surface area contributed by atoms with E-state index in [4.69, 9.17) is 5.73 Å². The summed E-state index contributed by atoms with van der Waals surface area (Å²) in [5.74, 6) is -0.168. The topological polar surface area (TPSA) is 72.9 Å². The number of carbonyl (C=O) groups is 1. The SMILES string of the molecule is CC(NC(=O)C(C)(C)N)c1cccc(-n2ccnc2)c1. The van der Waals surface area contributed by atoms with Gasteiger partial charge in [0, 0.05) is 18.1 Å². The van der Waals surface area contributed by atoms with Crippen LogP contribution in [0.1, 0.15) is 32.4 Å². The molecule has 2 rings (SSSR count). The van der Waals surface area contributed by atoms with Crippen molar-refractivity contribution in [1.29, 1.82) is 0 Å². The van der Waals surface area contributed by atoms with Gasteiger partial charge < -0.3 is 15.6 Å². The molecule has 2 aromatic rings. The van der Waals surface area contributed by atoms with Crippen molar-refractivity contribution < 1.29 is 4.79 Å². The molecule has 0 radical (unpaired) electrons. The maximum absolute atomic E-state index is 11.9. The molecule has 1 amide bonds. The van der Waals surface area contributed by atoms with Crippen molar-refractivity contribution >= 4 is 5.91 Å². The summed E-state index contributed by atoms with van der Waals surface area (Å²) in [7, 11) is 0. The van der Waals surface area contributed by atoms with Gasteiger partial charge in [-0.15, -0.1) is 0 Å². The molecule has 106 valence electrons. The van der Waals surface area contributed by atoms with E-state index in [1.54, 1.807) is 26.4 Å². The minimum atomic E-state index is -0.879. The Labute approximate surface area is 118 Å². The highest BCUT2D eigenvalue weighted by Gasteiger charge is 2.23. The molecule has 0 fully saturated rings. The summed E-state index contributed by atoms with van der Waals surface area (Å²) < 4.78 is 1.92. The van der Waals surface area contributed by atoms with Crippen LogP contribution in [-0.4, -0.2) is 21.0 Å². The summed E-state index contributed by atoms with van der Waals surface area (Å²) in [4.78, 5) is 15.9. The monoisotopic (exact) mass is 272 g/mol. The molecule has 0 bridgehead atoms. The summed E-state index contributed by atoms with van der Waals surface area (Å²) in [6.07, 6.45) is 5.35. The number of nitrogens with one attached hydrogen (secondary N) is 1. The number of nitrogens with zero attached hydrogens (tertiary/aromatic N) is 2. The van der Waals surface area contributed by atoms with E-state index in [0.717, 1.165) is 11.3 Å². The Morgan fingerprint density at radius 3 is 2.80 bits per heavy atom. The van der Waals surface area contributed by atoms with Gasteiger partial charge in [-0.2, -0.15) is 0 Å². The maximum Gasteiger partial charge on any atom is 0.239 e. The zero-order valence-corrected chi connectivity index (χ0v) is 12.0. The van der Waals surface area contributed by atoms with Gasteiger partial charge in [-0.1, -0.05) is 12.1 Å². The van der Waals surface area contributed by atoms with Gasteiger partial charge >= 0.3 is 0 Å². The fraction of sp³-hybridized carbons (Fsp3) is 0.333. The van der Waals surface area contributed by atoms with E-state index >= 15 is 0 Å². The van der Waals surface area contributed by atoms with Gasteiger partial charge in [0.15, 0.2) is 0 Å². The van der Waals surface area contributed by atoms with Gasteiger partial charge in [-0.05, 0) is 38.5 Å². The van der Waals surface area contributed by atoms with Crippen molar-refractivity contribution in [2.24, 2.45) is 5.73 Å². The van der Waals surface area contributed by atoms with Crippen molar-refractivity contribution in [2.75, 3.05) is 0 Å². The number of amides is 1. The Morgan fingerprint density at radius 2 is 2.20 bits per heavy atom. The van der Waals surface area contributed by atoms with Crippen LogP contribution in [0.3, 0.4) is 0 Å². The second kappa shape index (κ2) is 5.46. The lowest BCUT2D eigenvalue weighted by molar-refractivity contribution is -0.125. The molecule has 0 saturated heterocycles. The molecule has 1 unspecified atom stereocenters. The van der Waals surface area contributed by atoms with Gasteiger partial charge in [-0.25, -0.2) is 4.98 Å². The lowest BCUT2D eigenvalue weighted by atomic mass is 10.0. The van der Waals surface area contributed by atoms with E-state index in [1.165, 1.54) is 0 Å². The van der Waals surface area contributed by atoms with Crippen LogP contribution in [0.2, 0.25) is 0 Å². The molecule has 1 atom stereocenters. The minimum Gasteiger partial charge on any atom is -0.348 e. The zero-order chi connectivity index (χ0) is 14.8. The van der Waals surface area contributed by atoms with Gasteiger partial charge in [0.05, 0.1) is 17.9 Å². The Morgan fingerprint density at radius 1 is 1.45 bits per heavy atom. The third kappa shape index (κ3) is 3.24. The fourth-order valence-corrected chi connectivity index (χ4v) is 1.83. The number of nitrogens with two attached hydrogens (primary N) is 1. The number of hydrogen-bond acceptors (Lipinski definition) is 3. The normalized spacial score (nSPS) is 13.0. The van der Waals surface area contributed by atoms with Crippen molar-refractivity contribution in [3.63, 3.8) is 0 Å². The molecule has 0 aliphatic heterocycles. The van der Waals surface area contributed by atoms with Gasteiger partial charge in [0.1, 0.15) is 0 Å². The van der Waals surface area contributed by atoms with Crippen LogP contribution >= 0.6 is 0 Å². The number of benzene rings is 1. The van der Waals surface area contributed by atoms with Crippen molar-refractivity contribution in [3.05, 3.63) is 48.5 Å². The van der Waals surface area contributed by atoms with Crippen LogP contribution in [-0.2, 0) is 4.79 Å². The van der Waals surface area contributed by atoms with Crippen LogP contribution in [0.15, 0.2) is 43.0 Å². The molecular weight excluding hydrogens is 252 g/mol. The number of rotatable bonds is 4. The van der Waals surface area contributed by atoms with Gasteiger partial charge in [-0.3, -0.25) is 4.79 Å². The minimum absolute atomic E-state index is 0.103. The predicted octanol–water partition coefficient (Wildman–Crippen LogP) is 1.79. The Bertz CT molecular complexity index is 584. The summed E-state index contributed by atoms with van der Waals surface area (Å²) in [5.41, 5.74) is 6.94. The third-order valence-electron chi connectivity index (χ3n) is 3.11. The standard InChI is InChI=1S/C15H20N4O/c1-11(18-14(20)15(2,3)16)12-5-4-6-13(9-12)19-8-7-17-10-19/h4-11H,16H2,1-3H3,(H,18,20). The summed E-state index contributed by atoms with van der Waals surface area (Å²) >= 11 is 0. The average molecular weight is 272 g/mol. The molecule has 1 heterocycles. The first-order valence-electron chi connectivity index (χ1n) is 6.56. The van der Waals surface area contributed by atoms with E-state index < -0.39 is 5.54 Å². The van der Waals surface area contributed by atoms with Crippen LogP contribution < -0.4 is 11.1 Å². The lowest BCUT2D eigenvalue weighted by Crippen LogP contribution is -2.49. The van der Waals surface area contributed by atoms with Gasteiger partial charge in [0.2, 0.25) is 5.91 Å². The van der Waals surface area contributed by atoms with E-state index in [-0.39, 0.29) is 11.9 Å². The first-order valence-corrected chi connectivity index (χ1v) is 6.56. The number of aromatic nitrogens is 2. The van der Waals surface area contributed by atoms with E-state index in [1.807, 2.05) is 42.0 Å². The smallest absolute Gasteiger partial charge is 0.239 e. The maximum atomic E-state index is 11.9. The summed E-state index contributed by atoms with van der Waals surface area (Å²) in [5, 5.41) is 2.92. The number of carbonyl (C=O) groups excluding carboxylic acids is 1. The first kappa shape index (κ1) is 14.3. The number of hydrogen-bond donors (Lipinski definition) is 2. The van der Waals surface area contributed by atoms with Crippen LogP contribution in [0, 0.1) is 0 Å². The molecule has 5 nitrogen and oxygen atoms in total. The summed E-state index contributed by atoms with van der Waals surface area (Å²) in [6.45, 7) is 5.32. The van der Waals surface area contributed by atoms with Crippen LogP contribution in [0.4, 0.5) is 0 Å². The first-order chi connectivity index (χ1) is 9.38. The average Bonchev–Trinajstić information content (AvgIpc) is 2.91. The summed E-state index contributed by atoms with van der Waals surface area (Å²) in [6, 6.07) is 7.85. The Kier molecular flexibility index (Phi) is 3.90. The van der Waals surface area contributed by atoms with E-state index in [9.17, 15) is 4.79 Å². The van der Waals surface area contributed by atoms with Gasteiger partial charge in [0.25, 0.3) is 0 Å². The molecule has 1 aromatic carbocycles. The zero-order valence-electron chi connectivity index (χ0n) is 12.0. The lowest BCUT2D eigenvalue weighted by Gasteiger charge is -2.22. The highest BCUT2D eigenvalue weighted by molar-refractivity contribution is 5.85. The van der Waals surface area contributed by atoms with Crippen molar-refractivity contribution in [1.82, 2.24) is 14.9 Å². The molecule has 0 saturated carbocycles. The fourth-order valence-electron chi connectivity index (χ4n) is 1.83. The molecule has 0 aliphatic carbocycles. The van der Waals surface area contributed by atoms with E-state index in [0.29, 0.717) is 0 Å². The number of imidazole rings is 1. The molecular formula is C15H20N4O. The van der Waals surface area contributed by atoms with Crippen molar-refractivity contribution in [3.8, 4) is 5.69 Å². The second-order valence-electron chi connectivity index (χ2n) is 5.48. The highest BCUT2D eigenvalue weighted by Crippen LogP contribution is 2.17. The molecule has 0 spiro atoms. The molecule has 3 N–H and O–H groups in total. The molecule has 1 aromatic heterocycles.